The van der Waals surface area contributed by atoms with Gasteiger partial charge >= 0.3 is 0 Å². The Morgan fingerprint density at radius 2 is 1.50 bits per heavy atom. The van der Waals surface area contributed by atoms with Crippen molar-refractivity contribution in [3.63, 3.8) is 0 Å². The predicted octanol–water partition coefficient (Wildman–Crippen LogP) is 0.742. The first-order chi connectivity index (χ1) is 3.39. The first-order valence-corrected chi connectivity index (χ1v) is 2.03. The molecule has 1 rings (SSSR count). The second-order valence-corrected chi connectivity index (χ2v) is 1.24. The van der Waals surface area contributed by atoms with Gasteiger partial charge in [-0.25, -0.2) is 0 Å². The van der Waals surface area contributed by atoms with Crippen LogP contribution in [0.15, 0.2) is 30.6 Å². The molecule has 0 fully saturated rings. The molecular weight excluding hydrogens is 126 g/mol. The van der Waals surface area contributed by atoms with Crippen LogP contribution < -0.4 is 4.73 Å². The van der Waals surface area contributed by atoms with Gasteiger partial charge in [-0.3, -0.25) is 0 Å². The lowest BCUT2D eigenvalue weighted by atomic mass is 10.5. The van der Waals surface area contributed by atoms with E-state index >= 15 is 0 Å². The molecule has 0 N–H and O–H groups in total. The van der Waals surface area contributed by atoms with E-state index in [4.69, 9.17) is 0 Å². The number of halogens is 1. The second-order valence-electron chi connectivity index (χ2n) is 1.24. The fraction of sp³-hybridized carbons (Fsp3) is 0. The van der Waals surface area contributed by atoms with Crippen molar-refractivity contribution in [2.75, 3.05) is 0 Å². The zero-order chi connectivity index (χ0) is 5.11. The summed E-state index contributed by atoms with van der Waals surface area (Å²) in [6, 6.07) is 5.18. The molecule has 0 aromatic carbocycles. The fourth-order valence-electron chi connectivity index (χ4n) is 0.383. The van der Waals surface area contributed by atoms with Gasteiger partial charge in [-0.2, -0.15) is 4.73 Å². The van der Waals surface area contributed by atoms with Crippen LogP contribution >= 0.6 is 12.4 Å². The van der Waals surface area contributed by atoms with E-state index in [9.17, 15) is 5.21 Å². The Morgan fingerprint density at radius 3 is 1.75 bits per heavy atom. The van der Waals surface area contributed by atoms with Crippen LogP contribution in [0.1, 0.15) is 0 Å². The number of hydrogen-bond donors (Lipinski definition) is 0. The van der Waals surface area contributed by atoms with Gasteiger partial charge in [0.1, 0.15) is 0 Å². The molecule has 3 heteroatoms. The molecule has 0 aliphatic carbocycles. The Hall–Kier alpha value is -0.760. The predicted molar refractivity (Wildman–Crippen MR) is 32.6 cm³/mol. The largest absolute Gasteiger partial charge is 0.619 e. The van der Waals surface area contributed by atoms with Gasteiger partial charge in [0.25, 0.3) is 0 Å². The van der Waals surface area contributed by atoms with Gasteiger partial charge in [0, 0.05) is 12.1 Å². The van der Waals surface area contributed by atoms with E-state index in [1.165, 1.54) is 12.4 Å². The summed E-state index contributed by atoms with van der Waals surface area (Å²) in [7, 11) is 0. The van der Waals surface area contributed by atoms with E-state index in [0.717, 1.165) is 4.73 Å². The second kappa shape index (κ2) is 3.27. The molecule has 0 aliphatic heterocycles. The van der Waals surface area contributed by atoms with Crippen LogP contribution in [0.4, 0.5) is 0 Å². The highest BCUT2D eigenvalue weighted by Crippen LogP contribution is 1.72. The molecule has 0 amide bonds. The minimum absolute atomic E-state index is 0. The highest BCUT2D eigenvalue weighted by atomic mass is 35.5. The van der Waals surface area contributed by atoms with Crippen LogP contribution in [0, 0.1) is 5.21 Å². The van der Waals surface area contributed by atoms with Crippen molar-refractivity contribution in [1.82, 2.24) is 0 Å². The normalized spacial score (nSPS) is 7.50. The Balaban J connectivity index is 0.000000490. The SMILES string of the molecule is Cl.[O-][n+]1ccccc1. The average Bonchev–Trinajstić information content (AvgIpc) is 1.69. The Morgan fingerprint density at radius 1 is 1.00 bits per heavy atom. The number of nitrogens with zero attached hydrogens (tertiary/aromatic N) is 1. The quantitative estimate of drug-likeness (QED) is 0.377. The van der Waals surface area contributed by atoms with Gasteiger partial charge in [0.15, 0.2) is 12.4 Å². The van der Waals surface area contributed by atoms with Crippen molar-refractivity contribution in [2.24, 2.45) is 0 Å². The summed E-state index contributed by atoms with van der Waals surface area (Å²) < 4.78 is 0.750. The lowest BCUT2D eigenvalue weighted by Gasteiger charge is -1.88. The third-order valence-corrected chi connectivity index (χ3v) is 0.688. The molecule has 44 valence electrons. The zero-order valence-corrected chi connectivity index (χ0v) is 4.97. The third-order valence-electron chi connectivity index (χ3n) is 0.688. The van der Waals surface area contributed by atoms with Crippen LogP contribution in [0.25, 0.3) is 0 Å². The molecule has 1 aromatic rings. The Labute approximate surface area is 53.8 Å². The van der Waals surface area contributed by atoms with Crippen LogP contribution in [0.2, 0.25) is 0 Å². The van der Waals surface area contributed by atoms with E-state index < -0.39 is 0 Å². The van der Waals surface area contributed by atoms with Crippen molar-refractivity contribution in [2.45, 2.75) is 0 Å². The standard InChI is InChI=1S/C5H5NO.ClH/c7-6-4-2-1-3-5-6;/h1-5H;1H. The number of aromatic nitrogens is 1. The van der Waals surface area contributed by atoms with Crippen molar-refractivity contribution in [1.29, 1.82) is 0 Å². The minimum Gasteiger partial charge on any atom is -0.619 e. The van der Waals surface area contributed by atoms with E-state index in [1.807, 2.05) is 0 Å². The van der Waals surface area contributed by atoms with Crippen molar-refractivity contribution in [3.8, 4) is 0 Å². The van der Waals surface area contributed by atoms with Gasteiger partial charge in [-0.05, 0) is 0 Å². The molecule has 1 heterocycles. The molecule has 8 heavy (non-hydrogen) atoms. The zero-order valence-electron chi connectivity index (χ0n) is 4.15. The molecule has 0 aliphatic rings. The van der Waals surface area contributed by atoms with Gasteiger partial charge in [-0.1, -0.05) is 6.07 Å². The van der Waals surface area contributed by atoms with Crippen LogP contribution in [-0.2, 0) is 0 Å². The van der Waals surface area contributed by atoms with Gasteiger partial charge in [0.2, 0.25) is 0 Å². The van der Waals surface area contributed by atoms with Crippen molar-refractivity contribution < 1.29 is 4.73 Å². The summed E-state index contributed by atoms with van der Waals surface area (Å²) in [5, 5.41) is 10.2. The number of hydrogen-bond acceptors (Lipinski definition) is 1. The van der Waals surface area contributed by atoms with Crippen molar-refractivity contribution >= 4 is 12.4 Å². The molecule has 0 saturated heterocycles. The molecule has 0 unspecified atom stereocenters. The lowest BCUT2D eigenvalue weighted by Crippen LogP contribution is -2.22. The third kappa shape index (κ3) is 1.80. The van der Waals surface area contributed by atoms with Gasteiger partial charge in [0.05, 0.1) is 0 Å². The summed E-state index contributed by atoms with van der Waals surface area (Å²) >= 11 is 0. The number of rotatable bonds is 0. The van der Waals surface area contributed by atoms with Crippen molar-refractivity contribution in [3.05, 3.63) is 35.8 Å². The lowest BCUT2D eigenvalue weighted by molar-refractivity contribution is -0.605. The van der Waals surface area contributed by atoms with E-state index in [1.54, 1.807) is 18.2 Å². The molecule has 0 spiro atoms. The summed E-state index contributed by atoms with van der Waals surface area (Å²) in [5.74, 6) is 0. The van der Waals surface area contributed by atoms with Crippen LogP contribution in [0.5, 0.6) is 0 Å². The average molecular weight is 132 g/mol. The molecule has 0 radical (unpaired) electrons. The van der Waals surface area contributed by atoms with Crippen LogP contribution in [-0.4, -0.2) is 0 Å². The number of pyridine rings is 1. The van der Waals surface area contributed by atoms with E-state index in [2.05, 4.69) is 0 Å². The fourth-order valence-corrected chi connectivity index (χ4v) is 0.383. The summed E-state index contributed by atoms with van der Waals surface area (Å²) in [4.78, 5) is 0. The minimum atomic E-state index is 0. The summed E-state index contributed by atoms with van der Waals surface area (Å²) in [5.41, 5.74) is 0. The first kappa shape index (κ1) is 7.24. The smallest absolute Gasteiger partial charge is 0.180 e. The summed E-state index contributed by atoms with van der Waals surface area (Å²) in [6.07, 6.45) is 2.89. The monoisotopic (exact) mass is 131 g/mol. The Bertz CT molecular complexity index is 142. The molecule has 0 saturated carbocycles. The molecule has 1 aromatic heterocycles. The van der Waals surface area contributed by atoms with E-state index in [-0.39, 0.29) is 12.4 Å². The summed E-state index contributed by atoms with van der Waals surface area (Å²) in [6.45, 7) is 0. The Kier molecular flexibility index (Phi) is 2.96. The molecular formula is C5H6ClNO. The molecule has 2 nitrogen and oxygen atoms in total. The first-order valence-electron chi connectivity index (χ1n) is 2.03. The van der Waals surface area contributed by atoms with E-state index in [0.29, 0.717) is 0 Å². The maximum atomic E-state index is 10.2. The van der Waals surface area contributed by atoms with Gasteiger partial charge < -0.3 is 5.21 Å². The topological polar surface area (TPSA) is 26.9 Å². The maximum Gasteiger partial charge on any atom is 0.180 e. The maximum absolute atomic E-state index is 10.2. The molecule has 0 bridgehead atoms. The highest BCUT2D eigenvalue weighted by molar-refractivity contribution is 5.85. The van der Waals surface area contributed by atoms with Gasteiger partial charge in [-0.15, -0.1) is 12.4 Å². The molecule has 0 atom stereocenters. The highest BCUT2D eigenvalue weighted by Gasteiger charge is 1.74. The van der Waals surface area contributed by atoms with Crippen LogP contribution in [0.3, 0.4) is 0 Å².